The molecule has 0 bridgehead atoms. The quantitative estimate of drug-likeness (QED) is 0.704. The van der Waals surface area contributed by atoms with Crippen molar-refractivity contribution in [2.45, 2.75) is 19.3 Å². The smallest absolute Gasteiger partial charge is 0.260 e. The van der Waals surface area contributed by atoms with Crippen molar-refractivity contribution in [3.63, 3.8) is 0 Å². The van der Waals surface area contributed by atoms with E-state index in [0.29, 0.717) is 28.0 Å². The van der Waals surface area contributed by atoms with Crippen LogP contribution in [0.1, 0.15) is 19.3 Å². The molecule has 4 N–H and O–H groups in total. The first kappa shape index (κ1) is 13.9. The van der Waals surface area contributed by atoms with Crippen molar-refractivity contribution in [1.82, 2.24) is 9.97 Å². The van der Waals surface area contributed by atoms with E-state index in [9.17, 15) is 4.79 Å². The number of aromatic amines is 1. The van der Waals surface area contributed by atoms with Gasteiger partial charge in [0.25, 0.3) is 5.56 Å². The third-order valence-electron chi connectivity index (χ3n) is 4.15. The van der Waals surface area contributed by atoms with Crippen molar-refractivity contribution >= 4 is 22.5 Å². The highest BCUT2D eigenvalue weighted by atomic mass is 16.5. The Morgan fingerprint density at radius 2 is 2.29 bits per heavy atom. The minimum Gasteiger partial charge on any atom is -0.399 e. The molecule has 0 aliphatic heterocycles. The van der Waals surface area contributed by atoms with Crippen molar-refractivity contribution < 1.29 is 4.74 Å². The highest BCUT2D eigenvalue weighted by Gasteiger charge is 2.41. The summed E-state index contributed by atoms with van der Waals surface area (Å²) < 4.78 is 5.14. The van der Waals surface area contributed by atoms with Gasteiger partial charge in [-0.1, -0.05) is 0 Å². The topological polar surface area (TPSA) is 93.0 Å². The Labute approximate surface area is 122 Å². The number of nitrogens with zero attached hydrogens (tertiary/aromatic N) is 1. The van der Waals surface area contributed by atoms with Crippen LogP contribution in [0.5, 0.6) is 0 Å². The molecule has 0 unspecified atom stereocenters. The number of methoxy groups -OCH3 is 1. The highest BCUT2D eigenvalue weighted by Crippen LogP contribution is 2.48. The second kappa shape index (κ2) is 5.37. The van der Waals surface area contributed by atoms with E-state index >= 15 is 0 Å². The SMILES string of the molecule is COCCC1(CNc2nc3ccc(N)cc3c(=O)[nH]2)CC1. The van der Waals surface area contributed by atoms with E-state index in [-0.39, 0.29) is 5.56 Å². The summed E-state index contributed by atoms with van der Waals surface area (Å²) in [7, 11) is 1.72. The van der Waals surface area contributed by atoms with Crippen LogP contribution in [0.3, 0.4) is 0 Å². The predicted molar refractivity (Wildman–Crippen MR) is 83.4 cm³/mol. The summed E-state index contributed by atoms with van der Waals surface area (Å²) in [5.41, 5.74) is 7.03. The number of fused-ring (bicyclic) bond motifs is 1. The summed E-state index contributed by atoms with van der Waals surface area (Å²) in [6.07, 6.45) is 3.42. The molecular formula is C15H20N4O2. The summed E-state index contributed by atoms with van der Waals surface area (Å²) in [6, 6.07) is 5.16. The molecular weight excluding hydrogens is 268 g/mol. The number of aromatic nitrogens is 2. The first-order valence-electron chi connectivity index (χ1n) is 7.14. The summed E-state index contributed by atoms with van der Waals surface area (Å²) in [5, 5.41) is 3.77. The monoisotopic (exact) mass is 288 g/mol. The van der Waals surface area contributed by atoms with Gasteiger partial charge in [-0.3, -0.25) is 9.78 Å². The Balaban J connectivity index is 1.76. The number of anilines is 2. The molecule has 1 heterocycles. The third-order valence-corrected chi connectivity index (χ3v) is 4.15. The molecule has 2 aromatic rings. The minimum absolute atomic E-state index is 0.170. The molecule has 0 atom stereocenters. The molecule has 1 fully saturated rings. The zero-order valence-electron chi connectivity index (χ0n) is 12.1. The number of rotatable bonds is 6. The molecule has 1 aliphatic rings. The number of nitrogen functional groups attached to an aromatic ring is 1. The lowest BCUT2D eigenvalue weighted by Crippen LogP contribution is -2.20. The fraction of sp³-hybridized carbons (Fsp3) is 0.467. The highest BCUT2D eigenvalue weighted by molar-refractivity contribution is 5.81. The number of hydrogen-bond donors (Lipinski definition) is 3. The van der Waals surface area contributed by atoms with E-state index < -0.39 is 0 Å². The molecule has 0 radical (unpaired) electrons. The first-order valence-corrected chi connectivity index (χ1v) is 7.14. The van der Waals surface area contributed by atoms with Crippen molar-refractivity contribution in [3.8, 4) is 0 Å². The van der Waals surface area contributed by atoms with E-state index in [1.54, 1.807) is 25.3 Å². The maximum Gasteiger partial charge on any atom is 0.260 e. The largest absolute Gasteiger partial charge is 0.399 e. The van der Waals surface area contributed by atoms with Crippen LogP contribution in [-0.4, -0.2) is 30.2 Å². The molecule has 3 rings (SSSR count). The Bertz CT molecular complexity index is 706. The van der Waals surface area contributed by atoms with Gasteiger partial charge >= 0.3 is 0 Å². The molecule has 6 nitrogen and oxygen atoms in total. The lowest BCUT2D eigenvalue weighted by molar-refractivity contribution is 0.175. The summed E-state index contributed by atoms with van der Waals surface area (Å²) >= 11 is 0. The van der Waals surface area contributed by atoms with E-state index in [0.717, 1.165) is 19.6 Å². The maximum absolute atomic E-state index is 12.1. The maximum atomic E-state index is 12.1. The van der Waals surface area contributed by atoms with Crippen LogP contribution in [-0.2, 0) is 4.74 Å². The lowest BCUT2D eigenvalue weighted by Gasteiger charge is -2.15. The summed E-state index contributed by atoms with van der Waals surface area (Å²) in [4.78, 5) is 19.3. The molecule has 0 amide bonds. The van der Waals surface area contributed by atoms with E-state index in [2.05, 4.69) is 15.3 Å². The van der Waals surface area contributed by atoms with Crippen LogP contribution in [0.2, 0.25) is 0 Å². The molecule has 1 saturated carbocycles. The van der Waals surface area contributed by atoms with Gasteiger partial charge in [0.05, 0.1) is 10.9 Å². The standard InChI is InChI=1S/C15H20N4O2/c1-21-7-6-15(4-5-15)9-17-14-18-12-3-2-10(16)8-11(12)13(20)19-14/h2-3,8H,4-7,9,16H2,1H3,(H2,17,18,19,20). The number of benzene rings is 1. The molecule has 1 aromatic carbocycles. The fourth-order valence-electron chi connectivity index (χ4n) is 2.52. The Morgan fingerprint density at radius 1 is 1.48 bits per heavy atom. The Kier molecular flexibility index (Phi) is 3.55. The Hall–Kier alpha value is -2.08. The number of nitrogens with two attached hydrogens (primary N) is 1. The van der Waals surface area contributed by atoms with Gasteiger partial charge in [-0.15, -0.1) is 0 Å². The molecule has 112 valence electrons. The normalized spacial score (nSPS) is 16.0. The zero-order chi connectivity index (χ0) is 14.9. The molecule has 6 heteroatoms. The number of nitrogens with one attached hydrogen (secondary N) is 2. The molecule has 1 aliphatic carbocycles. The lowest BCUT2D eigenvalue weighted by atomic mass is 10.0. The van der Waals surface area contributed by atoms with Crippen LogP contribution in [0, 0.1) is 5.41 Å². The number of ether oxygens (including phenoxy) is 1. The molecule has 21 heavy (non-hydrogen) atoms. The van der Waals surface area contributed by atoms with Gasteiger partial charge in [-0.2, -0.15) is 0 Å². The minimum atomic E-state index is -0.170. The van der Waals surface area contributed by atoms with E-state index in [1.165, 1.54) is 12.8 Å². The van der Waals surface area contributed by atoms with Gasteiger partial charge in [0.2, 0.25) is 5.95 Å². The van der Waals surface area contributed by atoms with Crippen molar-refractivity contribution in [1.29, 1.82) is 0 Å². The van der Waals surface area contributed by atoms with Crippen LogP contribution >= 0.6 is 0 Å². The van der Waals surface area contributed by atoms with E-state index in [4.69, 9.17) is 10.5 Å². The second-order valence-corrected chi connectivity index (χ2v) is 5.79. The van der Waals surface area contributed by atoms with Crippen LogP contribution in [0.15, 0.2) is 23.0 Å². The number of hydrogen-bond acceptors (Lipinski definition) is 5. The molecule has 1 aromatic heterocycles. The zero-order valence-corrected chi connectivity index (χ0v) is 12.1. The molecule has 0 saturated heterocycles. The van der Waals surface area contributed by atoms with Gasteiger partial charge in [-0.25, -0.2) is 4.98 Å². The Morgan fingerprint density at radius 3 is 3.00 bits per heavy atom. The van der Waals surface area contributed by atoms with Crippen molar-refractivity contribution in [3.05, 3.63) is 28.6 Å². The number of H-pyrrole nitrogens is 1. The first-order chi connectivity index (χ1) is 10.1. The van der Waals surface area contributed by atoms with Crippen molar-refractivity contribution in [2.24, 2.45) is 5.41 Å². The average Bonchev–Trinajstić information content (AvgIpc) is 3.24. The molecule has 0 spiro atoms. The van der Waals surface area contributed by atoms with Crippen molar-refractivity contribution in [2.75, 3.05) is 31.3 Å². The van der Waals surface area contributed by atoms with E-state index in [1.807, 2.05) is 0 Å². The fourth-order valence-corrected chi connectivity index (χ4v) is 2.52. The van der Waals surface area contributed by atoms with Gasteiger partial charge in [-0.05, 0) is 42.9 Å². The van der Waals surface area contributed by atoms with Gasteiger partial charge in [0, 0.05) is 25.9 Å². The van der Waals surface area contributed by atoms with Gasteiger partial charge in [0.1, 0.15) is 0 Å². The summed E-state index contributed by atoms with van der Waals surface area (Å²) in [6.45, 7) is 1.57. The van der Waals surface area contributed by atoms with Gasteiger partial charge < -0.3 is 15.8 Å². The average molecular weight is 288 g/mol. The third kappa shape index (κ3) is 3.00. The van der Waals surface area contributed by atoms with Crippen LogP contribution in [0.4, 0.5) is 11.6 Å². The second-order valence-electron chi connectivity index (χ2n) is 5.79. The van der Waals surface area contributed by atoms with Crippen LogP contribution < -0.4 is 16.6 Å². The van der Waals surface area contributed by atoms with Crippen LogP contribution in [0.25, 0.3) is 10.9 Å². The van der Waals surface area contributed by atoms with Gasteiger partial charge in [0.15, 0.2) is 0 Å². The predicted octanol–water partition coefficient (Wildman–Crippen LogP) is 1.73. The summed E-state index contributed by atoms with van der Waals surface area (Å²) in [5.74, 6) is 0.515.